The minimum atomic E-state index is 0.0410. The first kappa shape index (κ1) is 12.8. The minimum Gasteiger partial charge on any atom is -0.392 e. The van der Waals surface area contributed by atoms with Gasteiger partial charge in [-0.3, -0.25) is 9.67 Å². The van der Waals surface area contributed by atoms with Crippen molar-refractivity contribution in [2.45, 2.75) is 27.0 Å². The highest BCUT2D eigenvalue weighted by atomic mass is 16.3. The summed E-state index contributed by atoms with van der Waals surface area (Å²) < 4.78 is 1.94. The maximum Gasteiger partial charge on any atom is 0.0718 e. The lowest BCUT2D eigenvalue weighted by Gasteiger charge is -2.06. The van der Waals surface area contributed by atoms with E-state index in [9.17, 15) is 5.11 Å². The first-order chi connectivity index (χ1) is 9.69. The Labute approximate surface area is 117 Å². The average Bonchev–Trinajstić information content (AvgIpc) is 2.73. The number of aryl methyl sites for hydroxylation is 1. The molecule has 102 valence electrons. The van der Waals surface area contributed by atoms with Gasteiger partial charge in [-0.15, -0.1) is 0 Å². The molecular formula is C16H17N3O. The first-order valence-corrected chi connectivity index (χ1v) is 6.66. The summed E-state index contributed by atoms with van der Waals surface area (Å²) >= 11 is 0. The summed E-state index contributed by atoms with van der Waals surface area (Å²) in [6.45, 7) is 4.67. The molecule has 0 aliphatic carbocycles. The molecule has 0 saturated heterocycles. The predicted octanol–water partition coefficient (Wildman–Crippen LogP) is 2.59. The Morgan fingerprint density at radius 1 is 1.20 bits per heavy atom. The van der Waals surface area contributed by atoms with Crippen molar-refractivity contribution in [2.75, 3.05) is 0 Å². The van der Waals surface area contributed by atoms with E-state index >= 15 is 0 Å². The maximum absolute atomic E-state index is 9.36. The second-order valence-corrected chi connectivity index (χ2v) is 5.00. The van der Waals surface area contributed by atoms with Crippen LogP contribution in [0, 0.1) is 13.8 Å². The minimum absolute atomic E-state index is 0.0410. The number of rotatable bonds is 3. The van der Waals surface area contributed by atoms with Gasteiger partial charge in [-0.2, -0.15) is 5.10 Å². The second kappa shape index (κ2) is 5.06. The summed E-state index contributed by atoms with van der Waals surface area (Å²) in [5, 5.41) is 15.0. The summed E-state index contributed by atoms with van der Waals surface area (Å²) in [4.78, 5) is 4.32. The maximum atomic E-state index is 9.36. The van der Waals surface area contributed by atoms with Gasteiger partial charge in [0.25, 0.3) is 0 Å². The molecule has 0 spiro atoms. The Balaban J connectivity index is 1.97. The summed E-state index contributed by atoms with van der Waals surface area (Å²) in [7, 11) is 0. The van der Waals surface area contributed by atoms with E-state index in [1.165, 1.54) is 5.56 Å². The molecule has 0 unspecified atom stereocenters. The van der Waals surface area contributed by atoms with Crippen LogP contribution in [-0.2, 0) is 13.2 Å². The Hall–Kier alpha value is -2.20. The van der Waals surface area contributed by atoms with E-state index in [-0.39, 0.29) is 6.61 Å². The lowest BCUT2D eigenvalue weighted by molar-refractivity contribution is 0.280. The molecule has 0 radical (unpaired) electrons. The molecule has 20 heavy (non-hydrogen) atoms. The quantitative estimate of drug-likeness (QED) is 0.793. The van der Waals surface area contributed by atoms with Crippen LogP contribution in [-0.4, -0.2) is 19.9 Å². The zero-order valence-electron chi connectivity index (χ0n) is 11.7. The van der Waals surface area contributed by atoms with Crippen molar-refractivity contribution in [2.24, 2.45) is 0 Å². The molecule has 0 aliphatic heterocycles. The number of aromatic nitrogens is 3. The molecule has 0 bridgehead atoms. The van der Waals surface area contributed by atoms with Crippen molar-refractivity contribution >= 4 is 10.9 Å². The number of hydrogen-bond donors (Lipinski definition) is 1. The van der Waals surface area contributed by atoms with E-state index in [4.69, 9.17) is 0 Å². The molecule has 1 N–H and O–H groups in total. The number of pyridine rings is 1. The Morgan fingerprint density at radius 3 is 2.80 bits per heavy atom. The van der Waals surface area contributed by atoms with Crippen LogP contribution < -0.4 is 0 Å². The van der Waals surface area contributed by atoms with Crippen molar-refractivity contribution < 1.29 is 5.11 Å². The van der Waals surface area contributed by atoms with E-state index < -0.39 is 0 Å². The topological polar surface area (TPSA) is 50.9 Å². The molecule has 0 saturated carbocycles. The third-order valence-electron chi connectivity index (χ3n) is 3.69. The summed E-state index contributed by atoms with van der Waals surface area (Å²) in [6.07, 6.45) is 1.80. The second-order valence-electron chi connectivity index (χ2n) is 5.00. The Kier molecular flexibility index (Phi) is 3.24. The number of fused-ring (bicyclic) bond motifs is 1. The highest BCUT2D eigenvalue weighted by Crippen LogP contribution is 2.17. The van der Waals surface area contributed by atoms with E-state index in [2.05, 4.69) is 28.3 Å². The molecule has 4 heteroatoms. The van der Waals surface area contributed by atoms with Crippen LogP contribution in [0.4, 0.5) is 0 Å². The van der Waals surface area contributed by atoms with Gasteiger partial charge >= 0.3 is 0 Å². The molecule has 1 aromatic carbocycles. The van der Waals surface area contributed by atoms with Crippen LogP contribution >= 0.6 is 0 Å². The van der Waals surface area contributed by atoms with Gasteiger partial charge in [0.1, 0.15) is 0 Å². The van der Waals surface area contributed by atoms with Crippen LogP contribution in [0.15, 0.2) is 36.5 Å². The molecule has 0 aliphatic rings. The molecule has 2 aromatic heterocycles. The monoisotopic (exact) mass is 267 g/mol. The number of aliphatic hydroxyl groups excluding tert-OH is 1. The number of benzene rings is 1. The molecular weight excluding hydrogens is 250 g/mol. The number of hydrogen-bond acceptors (Lipinski definition) is 3. The zero-order chi connectivity index (χ0) is 14.1. The van der Waals surface area contributed by atoms with Gasteiger partial charge in [-0.1, -0.05) is 12.1 Å². The van der Waals surface area contributed by atoms with Gasteiger partial charge < -0.3 is 5.11 Å². The molecule has 0 atom stereocenters. The molecule has 3 rings (SSSR count). The lowest BCUT2D eigenvalue weighted by Crippen LogP contribution is -2.04. The molecule has 4 nitrogen and oxygen atoms in total. The predicted molar refractivity (Wildman–Crippen MR) is 78.5 cm³/mol. The number of nitrogens with zero attached hydrogens (tertiary/aromatic N) is 3. The van der Waals surface area contributed by atoms with Gasteiger partial charge in [0, 0.05) is 22.8 Å². The van der Waals surface area contributed by atoms with Crippen molar-refractivity contribution in [1.29, 1.82) is 0 Å². The van der Waals surface area contributed by atoms with Gasteiger partial charge in [-0.05, 0) is 37.6 Å². The first-order valence-electron chi connectivity index (χ1n) is 6.66. The fourth-order valence-corrected chi connectivity index (χ4v) is 2.51. The molecule has 0 amide bonds. The normalized spacial score (nSPS) is 11.2. The van der Waals surface area contributed by atoms with Gasteiger partial charge in [0.15, 0.2) is 0 Å². The molecule has 2 heterocycles. The molecule has 0 fully saturated rings. The average molecular weight is 267 g/mol. The van der Waals surface area contributed by atoms with Crippen molar-refractivity contribution in [3.05, 3.63) is 59.0 Å². The van der Waals surface area contributed by atoms with Crippen molar-refractivity contribution in [3.8, 4) is 0 Å². The third kappa shape index (κ3) is 2.18. The zero-order valence-corrected chi connectivity index (χ0v) is 11.7. The van der Waals surface area contributed by atoms with E-state index in [0.717, 1.165) is 27.9 Å². The Bertz CT molecular complexity index is 762. The smallest absolute Gasteiger partial charge is 0.0718 e. The number of aliphatic hydroxyl groups is 1. The lowest BCUT2D eigenvalue weighted by atomic mass is 10.1. The largest absolute Gasteiger partial charge is 0.392 e. The van der Waals surface area contributed by atoms with Crippen LogP contribution in [0.5, 0.6) is 0 Å². The molecule has 3 aromatic rings. The SMILES string of the molecule is Cc1nn(Cc2ccc3ncccc3c2)c(C)c1CO. The highest BCUT2D eigenvalue weighted by Gasteiger charge is 2.10. The van der Waals surface area contributed by atoms with Crippen LogP contribution in [0.2, 0.25) is 0 Å². The fraction of sp³-hybridized carbons (Fsp3) is 0.250. The van der Waals surface area contributed by atoms with Crippen molar-refractivity contribution in [1.82, 2.24) is 14.8 Å². The standard InChI is InChI=1S/C16H17N3O/c1-11-15(10-20)12(2)19(18-11)9-13-5-6-16-14(8-13)4-3-7-17-16/h3-8,20H,9-10H2,1-2H3. The summed E-state index contributed by atoms with van der Waals surface area (Å²) in [5.41, 5.74) is 5.03. The van der Waals surface area contributed by atoms with Gasteiger partial charge in [0.05, 0.1) is 24.4 Å². The van der Waals surface area contributed by atoms with Crippen LogP contribution in [0.3, 0.4) is 0 Å². The van der Waals surface area contributed by atoms with E-state index in [1.54, 1.807) is 6.20 Å². The van der Waals surface area contributed by atoms with Crippen LogP contribution in [0.25, 0.3) is 10.9 Å². The van der Waals surface area contributed by atoms with E-state index in [0.29, 0.717) is 6.54 Å². The van der Waals surface area contributed by atoms with Gasteiger partial charge in [-0.25, -0.2) is 0 Å². The highest BCUT2D eigenvalue weighted by molar-refractivity contribution is 5.78. The fourth-order valence-electron chi connectivity index (χ4n) is 2.51. The van der Waals surface area contributed by atoms with Crippen molar-refractivity contribution in [3.63, 3.8) is 0 Å². The summed E-state index contributed by atoms with van der Waals surface area (Å²) in [6, 6.07) is 10.2. The summed E-state index contributed by atoms with van der Waals surface area (Å²) in [5.74, 6) is 0. The third-order valence-corrected chi connectivity index (χ3v) is 3.69. The van der Waals surface area contributed by atoms with Gasteiger partial charge in [0.2, 0.25) is 0 Å². The van der Waals surface area contributed by atoms with E-state index in [1.807, 2.05) is 30.7 Å². The van der Waals surface area contributed by atoms with Crippen LogP contribution in [0.1, 0.15) is 22.5 Å². The Morgan fingerprint density at radius 2 is 2.05 bits per heavy atom.